The fourth-order valence-corrected chi connectivity index (χ4v) is 2.83. The van der Waals surface area contributed by atoms with Crippen LogP contribution in [0.15, 0.2) is 24.3 Å². The van der Waals surface area contributed by atoms with Gasteiger partial charge in [-0.3, -0.25) is 4.79 Å². The SMILES string of the molecule is COCC1(C(=O)O)CCN(C(=O)N[C@@H](C)c2cccc(O)c2)C1. The van der Waals surface area contributed by atoms with Crippen molar-refractivity contribution in [2.24, 2.45) is 5.41 Å². The normalized spacial score (nSPS) is 21.9. The first-order chi connectivity index (χ1) is 10.9. The second-order valence-corrected chi connectivity index (χ2v) is 5.96. The Kier molecular flexibility index (Phi) is 5.10. The van der Waals surface area contributed by atoms with Gasteiger partial charge in [0.15, 0.2) is 0 Å². The summed E-state index contributed by atoms with van der Waals surface area (Å²) in [6.45, 7) is 2.37. The zero-order chi connectivity index (χ0) is 17.0. The number of carbonyl (C=O) groups is 2. The smallest absolute Gasteiger partial charge is 0.317 e. The lowest BCUT2D eigenvalue weighted by Crippen LogP contribution is -2.44. The highest BCUT2D eigenvalue weighted by atomic mass is 16.5. The molecule has 1 unspecified atom stereocenters. The van der Waals surface area contributed by atoms with Gasteiger partial charge in [0, 0.05) is 20.2 Å². The molecular formula is C16H22N2O5. The summed E-state index contributed by atoms with van der Waals surface area (Å²) in [5.74, 6) is -0.814. The van der Waals surface area contributed by atoms with Gasteiger partial charge in [0.1, 0.15) is 11.2 Å². The predicted octanol–water partition coefficient (Wildman–Crippen LogP) is 1.59. The molecule has 1 aliphatic heterocycles. The number of carboxylic acid groups (broad SMARTS) is 1. The summed E-state index contributed by atoms with van der Waals surface area (Å²) < 4.78 is 5.02. The standard InChI is InChI=1S/C16H22N2O5/c1-11(12-4-3-5-13(19)8-12)17-15(22)18-7-6-16(9-18,10-23-2)14(20)21/h3-5,8,11,19H,6-7,9-10H2,1-2H3,(H,17,22)(H,20,21)/t11-,16?/m0/s1. The van der Waals surface area contributed by atoms with E-state index in [4.69, 9.17) is 4.74 Å². The Morgan fingerprint density at radius 1 is 1.48 bits per heavy atom. The molecule has 0 aliphatic carbocycles. The van der Waals surface area contributed by atoms with Crippen LogP contribution in [0.2, 0.25) is 0 Å². The number of amides is 2. The molecule has 3 N–H and O–H groups in total. The minimum absolute atomic E-state index is 0.0776. The summed E-state index contributed by atoms with van der Waals surface area (Å²) in [6, 6.07) is 6.04. The molecule has 0 radical (unpaired) electrons. The lowest BCUT2D eigenvalue weighted by Gasteiger charge is -2.25. The third-order valence-corrected chi connectivity index (χ3v) is 4.23. The maximum Gasteiger partial charge on any atom is 0.317 e. The zero-order valence-corrected chi connectivity index (χ0v) is 13.3. The number of phenols is 1. The number of methoxy groups -OCH3 is 1. The first-order valence-electron chi connectivity index (χ1n) is 7.45. The fraction of sp³-hybridized carbons (Fsp3) is 0.500. The van der Waals surface area contributed by atoms with E-state index < -0.39 is 11.4 Å². The van der Waals surface area contributed by atoms with Gasteiger partial charge < -0.3 is 25.2 Å². The lowest BCUT2D eigenvalue weighted by atomic mass is 9.88. The van der Waals surface area contributed by atoms with Crippen molar-refractivity contribution in [2.75, 3.05) is 26.8 Å². The Bertz CT molecular complexity index is 592. The minimum Gasteiger partial charge on any atom is -0.508 e. The number of benzene rings is 1. The third-order valence-electron chi connectivity index (χ3n) is 4.23. The summed E-state index contributed by atoms with van der Waals surface area (Å²) in [7, 11) is 1.46. The first kappa shape index (κ1) is 17.1. The number of carbonyl (C=O) groups excluding carboxylic acids is 1. The van der Waals surface area contributed by atoms with E-state index in [1.165, 1.54) is 12.0 Å². The number of aromatic hydroxyl groups is 1. The quantitative estimate of drug-likeness (QED) is 0.764. The predicted molar refractivity (Wildman–Crippen MR) is 83.2 cm³/mol. The van der Waals surface area contributed by atoms with Crippen molar-refractivity contribution in [2.45, 2.75) is 19.4 Å². The van der Waals surface area contributed by atoms with Crippen LogP contribution in [0, 0.1) is 5.41 Å². The maximum atomic E-state index is 12.3. The van der Waals surface area contributed by atoms with Crippen LogP contribution in [0.3, 0.4) is 0 Å². The van der Waals surface area contributed by atoms with E-state index in [9.17, 15) is 19.8 Å². The largest absolute Gasteiger partial charge is 0.508 e. The van der Waals surface area contributed by atoms with Crippen molar-refractivity contribution < 1.29 is 24.5 Å². The summed E-state index contributed by atoms with van der Waals surface area (Å²) in [4.78, 5) is 25.3. The van der Waals surface area contributed by atoms with Gasteiger partial charge in [-0.1, -0.05) is 12.1 Å². The van der Waals surface area contributed by atoms with Crippen molar-refractivity contribution in [3.05, 3.63) is 29.8 Å². The average Bonchev–Trinajstić information content (AvgIpc) is 2.93. The minimum atomic E-state index is -1.04. The van der Waals surface area contributed by atoms with Gasteiger partial charge in [-0.05, 0) is 31.0 Å². The highest BCUT2D eigenvalue weighted by molar-refractivity contribution is 5.80. The van der Waals surface area contributed by atoms with Crippen LogP contribution in [0.25, 0.3) is 0 Å². The number of ether oxygens (including phenoxy) is 1. The molecule has 126 valence electrons. The Hall–Kier alpha value is -2.28. The van der Waals surface area contributed by atoms with Crippen LogP contribution in [0.5, 0.6) is 5.75 Å². The molecule has 0 bridgehead atoms. The van der Waals surface area contributed by atoms with Crippen LogP contribution in [0.4, 0.5) is 4.79 Å². The molecule has 23 heavy (non-hydrogen) atoms. The monoisotopic (exact) mass is 322 g/mol. The fourth-order valence-electron chi connectivity index (χ4n) is 2.83. The third kappa shape index (κ3) is 3.73. The summed E-state index contributed by atoms with van der Waals surface area (Å²) in [5.41, 5.74) is -0.265. The molecule has 0 spiro atoms. The molecule has 1 fully saturated rings. The van der Waals surface area contributed by atoms with Gasteiger partial charge in [0.2, 0.25) is 0 Å². The molecule has 2 atom stereocenters. The molecular weight excluding hydrogens is 300 g/mol. The molecule has 1 heterocycles. The van der Waals surface area contributed by atoms with E-state index in [2.05, 4.69) is 5.32 Å². The molecule has 7 nitrogen and oxygen atoms in total. The highest BCUT2D eigenvalue weighted by Crippen LogP contribution is 2.31. The lowest BCUT2D eigenvalue weighted by molar-refractivity contribution is -0.151. The van der Waals surface area contributed by atoms with Crippen molar-refractivity contribution >= 4 is 12.0 Å². The number of nitrogens with zero attached hydrogens (tertiary/aromatic N) is 1. The van der Waals surface area contributed by atoms with E-state index in [0.29, 0.717) is 13.0 Å². The number of aliphatic carboxylic acids is 1. The van der Waals surface area contributed by atoms with Gasteiger partial charge in [-0.2, -0.15) is 0 Å². The van der Waals surface area contributed by atoms with E-state index in [1.54, 1.807) is 24.3 Å². The number of urea groups is 1. The van der Waals surface area contributed by atoms with Gasteiger partial charge in [-0.15, -0.1) is 0 Å². The molecule has 1 aromatic rings. The van der Waals surface area contributed by atoms with Gasteiger partial charge in [0.25, 0.3) is 0 Å². The van der Waals surface area contributed by atoms with E-state index in [-0.39, 0.29) is 31.0 Å². The topological polar surface area (TPSA) is 99.1 Å². The average molecular weight is 322 g/mol. The number of rotatable bonds is 5. The van der Waals surface area contributed by atoms with Crippen LogP contribution >= 0.6 is 0 Å². The number of hydrogen-bond donors (Lipinski definition) is 3. The molecule has 7 heteroatoms. The molecule has 1 saturated heterocycles. The Balaban J connectivity index is 2.00. The second-order valence-electron chi connectivity index (χ2n) is 5.96. The molecule has 2 amide bonds. The zero-order valence-electron chi connectivity index (χ0n) is 13.3. The molecule has 1 aliphatic rings. The first-order valence-corrected chi connectivity index (χ1v) is 7.45. The number of hydrogen-bond acceptors (Lipinski definition) is 4. The molecule has 1 aromatic carbocycles. The van der Waals surface area contributed by atoms with Crippen LogP contribution < -0.4 is 5.32 Å². The number of carboxylic acids is 1. The summed E-state index contributed by atoms with van der Waals surface area (Å²) >= 11 is 0. The van der Waals surface area contributed by atoms with Crippen molar-refractivity contribution in [1.82, 2.24) is 10.2 Å². The summed E-state index contributed by atoms with van der Waals surface area (Å²) in [6.07, 6.45) is 0.365. The van der Waals surface area contributed by atoms with Gasteiger partial charge in [0.05, 0.1) is 12.6 Å². The second kappa shape index (κ2) is 6.87. The van der Waals surface area contributed by atoms with Crippen LogP contribution in [-0.4, -0.2) is 53.9 Å². The highest BCUT2D eigenvalue weighted by Gasteiger charge is 2.46. The van der Waals surface area contributed by atoms with Crippen molar-refractivity contribution in [3.63, 3.8) is 0 Å². The van der Waals surface area contributed by atoms with Crippen molar-refractivity contribution in [1.29, 1.82) is 0 Å². The Labute approximate surface area is 134 Å². The molecule has 2 rings (SSSR count). The van der Waals surface area contributed by atoms with Gasteiger partial charge in [-0.25, -0.2) is 4.79 Å². The maximum absolute atomic E-state index is 12.3. The number of nitrogens with one attached hydrogen (secondary N) is 1. The van der Waals surface area contributed by atoms with Crippen LogP contribution in [-0.2, 0) is 9.53 Å². The van der Waals surface area contributed by atoms with Crippen molar-refractivity contribution in [3.8, 4) is 5.75 Å². The number of phenolic OH excluding ortho intramolecular Hbond substituents is 1. The number of likely N-dealkylation sites (tertiary alicyclic amines) is 1. The molecule has 0 saturated carbocycles. The van der Waals surface area contributed by atoms with E-state index in [1.807, 2.05) is 6.92 Å². The molecule has 0 aromatic heterocycles. The Morgan fingerprint density at radius 2 is 2.22 bits per heavy atom. The van der Waals surface area contributed by atoms with Gasteiger partial charge >= 0.3 is 12.0 Å². The van der Waals surface area contributed by atoms with Crippen LogP contribution in [0.1, 0.15) is 24.9 Å². The Morgan fingerprint density at radius 3 is 2.83 bits per heavy atom. The van der Waals surface area contributed by atoms with E-state index >= 15 is 0 Å². The van der Waals surface area contributed by atoms with E-state index in [0.717, 1.165) is 5.56 Å². The summed E-state index contributed by atoms with van der Waals surface area (Å²) in [5, 5.41) is 21.7.